The van der Waals surface area contributed by atoms with Gasteiger partial charge in [0.05, 0.1) is 0 Å². The summed E-state index contributed by atoms with van der Waals surface area (Å²) >= 11 is 2.23. The molecule has 3 heteroatoms. The maximum absolute atomic E-state index is 13.4. The largest absolute Gasteiger partial charge is 0.507 e. The second kappa shape index (κ2) is 8.04. The Morgan fingerprint density at radius 1 is 1.12 bits per heavy atom. The Morgan fingerprint density at radius 2 is 1.65 bits per heavy atom. The third-order valence-corrected chi connectivity index (χ3v) is 5.22. The number of hydrogen-bond donors (Lipinski definition) is 1. The molecule has 0 unspecified atom stereocenters. The van der Waals surface area contributed by atoms with E-state index in [1.54, 1.807) is 0 Å². The van der Waals surface area contributed by atoms with E-state index in [4.69, 9.17) is 0 Å². The van der Waals surface area contributed by atoms with Crippen molar-refractivity contribution in [2.24, 2.45) is 10.8 Å². The lowest BCUT2D eigenvalue weighted by Crippen LogP contribution is -2.30. The normalized spacial score (nSPS) is 13.7. The maximum Gasteiger partial charge on any atom is 0.168 e. The summed E-state index contributed by atoms with van der Waals surface area (Å²) in [6, 6.07) is 3.78. The molecule has 1 aromatic rings. The summed E-state index contributed by atoms with van der Waals surface area (Å²) in [7, 11) is 0. The van der Waals surface area contributed by atoms with E-state index in [2.05, 4.69) is 77.1 Å². The van der Waals surface area contributed by atoms with Gasteiger partial charge >= 0.3 is 0 Å². The van der Waals surface area contributed by atoms with Crippen molar-refractivity contribution < 1.29 is 9.90 Å². The van der Waals surface area contributed by atoms with Crippen LogP contribution in [-0.4, -0.2) is 10.9 Å². The van der Waals surface area contributed by atoms with Gasteiger partial charge in [-0.25, -0.2) is 0 Å². The smallest absolute Gasteiger partial charge is 0.168 e. The third kappa shape index (κ3) is 5.58. The highest BCUT2D eigenvalue weighted by atomic mass is 127. The van der Waals surface area contributed by atoms with Gasteiger partial charge in [-0.15, -0.1) is 0 Å². The van der Waals surface area contributed by atoms with Crippen LogP contribution in [-0.2, 0) is 5.41 Å². The molecule has 0 saturated carbocycles. The lowest BCUT2D eigenvalue weighted by atomic mass is 9.70. The highest BCUT2D eigenvalue weighted by molar-refractivity contribution is 14.1. The second-order valence-corrected chi connectivity index (χ2v) is 10.8. The van der Waals surface area contributed by atoms with Crippen molar-refractivity contribution in [1.82, 2.24) is 0 Å². The summed E-state index contributed by atoms with van der Waals surface area (Å²) < 4.78 is 2.02. The Bertz CT molecular complexity index is 689. The van der Waals surface area contributed by atoms with Crippen molar-refractivity contribution >= 4 is 28.4 Å². The first-order chi connectivity index (χ1) is 11.6. The number of phenols is 1. The van der Waals surface area contributed by atoms with Crippen molar-refractivity contribution in [3.63, 3.8) is 0 Å². The summed E-state index contributed by atoms with van der Waals surface area (Å²) in [5.74, 6) is 0.625. The first kappa shape index (κ1) is 23.2. The highest BCUT2D eigenvalue weighted by Crippen LogP contribution is 2.41. The summed E-state index contributed by atoms with van der Waals surface area (Å²) in [6.45, 7) is 18.7. The van der Waals surface area contributed by atoms with Gasteiger partial charge in [-0.2, -0.15) is 0 Å². The molecule has 0 spiro atoms. The fourth-order valence-electron chi connectivity index (χ4n) is 3.64. The van der Waals surface area contributed by atoms with E-state index in [0.29, 0.717) is 11.3 Å². The van der Waals surface area contributed by atoms with Crippen molar-refractivity contribution in [1.29, 1.82) is 0 Å². The number of carbonyl (C=O) groups is 1. The molecule has 1 N–H and O–H groups in total. The molecule has 0 aliphatic carbocycles. The van der Waals surface area contributed by atoms with Crippen molar-refractivity contribution in [3.8, 4) is 5.75 Å². The minimum absolute atomic E-state index is 0.0506. The molecule has 1 rings (SSSR count). The Morgan fingerprint density at radius 3 is 2.08 bits per heavy atom. The fraction of sp³-hybridized carbons (Fsp3) is 0.609. The van der Waals surface area contributed by atoms with Gasteiger partial charge in [-0.05, 0) is 44.9 Å². The number of hydrogen-bond acceptors (Lipinski definition) is 2. The van der Waals surface area contributed by atoms with Crippen molar-refractivity contribution in [2.45, 2.75) is 80.1 Å². The molecule has 0 bridgehead atoms. The van der Waals surface area contributed by atoms with E-state index < -0.39 is 5.41 Å². The molecule has 1 aromatic carbocycles. The van der Waals surface area contributed by atoms with Crippen LogP contribution < -0.4 is 0 Å². The number of benzene rings is 1. The first-order valence-electron chi connectivity index (χ1n) is 9.32. The SMILES string of the molecule is CC(C)c1cc(C(=O)C(C)(C)CC(C)(C)/C=C/I)cc(C(C)(C)C)c1O. The van der Waals surface area contributed by atoms with Crippen LogP contribution in [0.1, 0.15) is 96.1 Å². The summed E-state index contributed by atoms with van der Waals surface area (Å²) in [6.07, 6.45) is 2.92. The lowest BCUT2D eigenvalue weighted by molar-refractivity contribution is 0.0784. The summed E-state index contributed by atoms with van der Waals surface area (Å²) in [5.41, 5.74) is 1.63. The molecular weight excluding hydrogens is 435 g/mol. The van der Waals surface area contributed by atoms with Crippen molar-refractivity contribution in [2.75, 3.05) is 0 Å². The first-order valence-corrected chi connectivity index (χ1v) is 10.6. The Balaban J connectivity index is 3.46. The molecule has 2 nitrogen and oxygen atoms in total. The van der Waals surface area contributed by atoms with Crippen LogP contribution in [0, 0.1) is 10.8 Å². The van der Waals surface area contributed by atoms with Crippen molar-refractivity contribution in [3.05, 3.63) is 39.0 Å². The number of allylic oxidation sites excluding steroid dienone is 1. The molecule has 0 saturated heterocycles. The summed E-state index contributed by atoms with van der Waals surface area (Å²) in [5, 5.41) is 10.7. The molecule has 0 fully saturated rings. The van der Waals surface area contributed by atoms with Gasteiger partial charge in [0.15, 0.2) is 5.78 Å². The van der Waals surface area contributed by atoms with Crippen LogP contribution in [0.4, 0.5) is 0 Å². The van der Waals surface area contributed by atoms with Gasteiger partial charge in [0, 0.05) is 16.5 Å². The van der Waals surface area contributed by atoms with E-state index in [-0.39, 0.29) is 22.5 Å². The minimum Gasteiger partial charge on any atom is -0.507 e. The Hall–Kier alpha value is -0.840. The van der Waals surface area contributed by atoms with Crippen LogP contribution in [0.2, 0.25) is 0 Å². The number of rotatable bonds is 6. The van der Waals surface area contributed by atoms with E-state index in [1.807, 2.05) is 30.1 Å². The molecule has 0 atom stereocenters. The number of Topliss-reactive ketones (excluding diaryl/α,β-unsaturated/α-hetero) is 1. The number of halogens is 1. The van der Waals surface area contributed by atoms with Gasteiger partial charge in [-0.1, -0.05) is 91.0 Å². The van der Waals surface area contributed by atoms with Gasteiger partial charge < -0.3 is 5.11 Å². The molecule has 0 radical (unpaired) electrons. The quantitative estimate of drug-likeness (QED) is 0.348. The minimum atomic E-state index is -0.486. The maximum atomic E-state index is 13.4. The Kier molecular flexibility index (Phi) is 7.17. The van der Waals surface area contributed by atoms with Crippen LogP contribution >= 0.6 is 22.6 Å². The summed E-state index contributed by atoms with van der Waals surface area (Å²) in [4.78, 5) is 13.4. The highest BCUT2D eigenvalue weighted by Gasteiger charge is 2.35. The molecule has 0 aromatic heterocycles. The zero-order valence-electron chi connectivity index (χ0n) is 17.8. The van der Waals surface area contributed by atoms with E-state index >= 15 is 0 Å². The number of phenolic OH excluding ortho intramolecular Hbond substituents is 1. The predicted octanol–water partition coefficient (Wildman–Crippen LogP) is 7.39. The monoisotopic (exact) mass is 470 g/mol. The van der Waals surface area contributed by atoms with Gasteiger partial charge in [-0.3, -0.25) is 4.79 Å². The van der Waals surface area contributed by atoms with E-state index in [0.717, 1.165) is 17.5 Å². The van der Waals surface area contributed by atoms with Crippen LogP contribution in [0.25, 0.3) is 0 Å². The molecule has 0 heterocycles. The molecular formula is C23H35IO2. The van der Waals surface area contributed by atoms with Gasteiger partial charge in [0.25, 0.3) is 0 Å². The number of ketones is 1. The molecule has 0 amide bonds. The molecule has 146 valence electrons. The van der Waals surface area contributed by atoms with Gasteiger partial charge in [0.2, 0.25) is 0 Å². The zero-order chi connectivity index (χ0) is 20.5. The number of carbonyl (C=O) groups excluding carboxylic acids is 1. The zero-order valence-corrected chi connectivity index (χ0v) is 20.0. The Labute approximate surface area is 173 Å². The van der Waals surface area contributed by atoms with E-state index in [1.165, 1.54) is 0 Å². The average Bonchev–Trinajstić information content (AvgIpc) is 2.43. The second-order valence-electron chi connectivity index (χ2n) is 10.0. The fourth-order valence-corrected chi connectivity index (χ4v) is 4.61. The van der Waals surface area contributed by atoms with E-state index in [9.17, 15) is 9.90 Å². The topological polar surface area (TPSA) is 37.3 Å². The number of aromatic hydroxyl groups is 1. The average molecular weight is 470 g/mol. The van der Waals surface area contributed by atoms with Crippen LogP contribution in [0.5, 0.6) is 5.75 Å². The van der Waals surface area contributed by atoms with Gasteiger partial charge in [0.1, 0.15) is 5.75 Å². The van der Waals surface area contributed by atoms with Crippen LogP contribution in [0.15, 0.2) is 22.3 Å². The third-order valence-electron chi connectivity index (χ3n) is 4.86. The van der Waals surface area contributed by atoms with Crippen LogP contribution in [0.3, 0.4) is 0 Å². The lowest BCUT2D eigenvalue weighted by Gasteiger charge is -2.33. The molecule has 0 aliphatic heterocycles. The molecule has 26 heavy (non-hydrogen) atoms. The standard InChI is InChI=1S/C23H35IO2/c1-15(2)17-12-16(13-18(19(17)25)21(3,4)5)20(26)23(8,9)14-22(6,7)10-11-24/h10-13,15,25H,14H2,1-9H3/b11-10+. The molecule has 0 aliphatic rings. The predicted molar refractivity (Wildman–Crippen MR) is 121 cm³/mol.